The highest BCUT2D eigenvalue weighted by molar-refractivity contribution is 6.05. The van der Waals surface area contributed by atoms with Crippen molar-refractivity contribution in [3.8, 4) is 11.6 Å². The van der Waals surface area contributed by atoms with Crippen molar-refractivity contribution in [2.45, 2.75) is 20.3 Å². The molecular weight excluding hydrogens is 316 g/mol. The van der Waals surface area contributed by atoms with Crippen LogP contribution in [0.2, 0.25) is 0 Å². The van der Waals surface area contributed by atoms with Gasteiger partial charge in [0.2, 0.25) is 0 Å². The molecule has 1 amide bonds. The molecule has 0 bridgehead atoms. The zero-order valence-electron chi connectivity index (χ0n) is 14.3. The van der Waals surface area contributed by atoms with Crippen molar-refractivity contribution >= 4 is 11.6 Å². The fraction of sp³-hybridized carbons (Fsp3) is 0.211. The van der Waals surface area contributed by atoms with Crippen LogP contribution in [0, 0.1) is 0 Å². The Bertz CT molecular complexity index is 842. The maximum Gasteiger partial charge on any atom is 0.259 e. The molecule has 0 atom stereocenters. The molecule has 0 saturated heterocycles. The number of hydrogen-bond donors (Lipinski definition) is 1. The Balaban J connectivity index is 1.81. The van der Waals surface area contributed by atoms with Crippen LogP contribution < -0.4 is 10.1 Å². The predicted molar refractivity (Wildman–Crippen MR) is 96.3 cm³/mol. The molecule has 0 aliphatic rings. The number of carbonyl (C=O) groups excluding carboxylic acids is 1. The zero-order chi connectivity index (χ0) is 17.6. The summed E-state index contributed by atoms with van der Waals surface area (Å²) in [4.78, 5) is 16.9. The average molecular weight is 336 g/mol. The van der Waals surface area contributed by atoms with Crippen LogP contribution in [0.5, 0.6) is 5.75 Å². The van der Waals surface area contributed by atoms with E-state index in [9.17, 15) is 4.79 Å². The smallest absolute Gasteiger partial charge is 0.259 e. The van der Waals surface area contributed by atoms with Crippen LogP contribution >= 0.6 is 0 Å². The van der Waals surface area contributed by atoms with Gasteiger partial charge < -0.3 is 10.1 Å². The number of rotatable bonds is 6. The molecule has 0 aliphatic carbocycles. The summed E-state index contributed by atoms with van der Waals surface area (Å²) in [7, 11) is 0. The Labute approximate surface area is 146 Å². The molecule has 128 valence electrons. The molecule has 0 unspecified atom stereocenters. The van der Waals surface area contributed by atoms with E-state index in [-0.39, 0.29) is 5.91 Å². The molecule has 0 aliphatic heterocycles. The highest BCUT2D eigenvalue weighted by Gasteiger charge is 2.17. The maximum atomic E-state index is 12.6. The van der Waals surface area contributed by atoms with E-state index in [0.29, 0.717) is 30.1 Å². The number of aromatic nitrogens is 3. The van der Waals surface area contributed by atoms with Crippen LogP contribution in [0.25, 0.3) is 5.82 Å². The van der Waals surface area contributed by atoms with Gasteiger partial charge in [-0.2, -0.15) is 5.10 Å². The van der Waals surface area contributed by atoms with Gasteiger partial charge in [-0.25, -0.2) is 9.67 Å². The molecule has 6 nitrogen and oxygen atoms in total. The summed E-state index contributed by atoms with van der Waals surface area (Å²) in [5, 5.41) is 7.23. The lowest BCUT2D eigenvalue weighted by molar-refractivity contribution is 0.102. The molecule has 6 heteroatoms. The normalized spacial score (nSPS) is 10.5. The molecule has 1 N–H and O–H groups in total. The quantitative estimate of drug-likeness (QED) is 0.748. The first-order valence-electron chi connectivity index (χ1n) is 8.25. The molecule has 2 heterocycles. The summed E-state index contributed by atoms with van der Waals surface area (Å²) >= 11 is 0. The third-order valence-corrected chi connectivity index (χ3v) is 3.74. The van der Waals surface area contributed by atoms with Crippen LogP contribution in [-0.4, -0.2) is 27.3 Å². The molecule has 2 aromatic heterocycles. The van der Waals surface area contributed by atoms with Crippen molar-refractivity contribution in [2.24, 2.45) is 0 Å². The lowest BCUT2D eigenvalue weighted by Crippen LogP contribution is -2.14. The number of nitrogens with one attached hydrogen (secondary N) is 1. The minimum absolute atomic E-state index is 0.191. The summed E-state index contributed by atoms with van der Waals surface area (Å²) < 4.78 is 7.11. The Hall–Kier alpha value is -3.15. The molecule has 25 heavy (non-hydrogen) atoms. The molecule has 0 saturated carbocycles. The molecule has 1 aromatic carbocycles. The van der Waals surface area contributed by atoms with Crippen molar-refractivity contribution in [2.75, 3.05) is 11.9 Å². The topological polar surface area (TPSA) is 69.0 Å². The van der Waals surface area contributed by atoms with E-state index in [0.717, 1.165) is 11.4 Å². The van der Waals surface area contributed by atoms with Crippen LogP contribution in [0.1, 0.15) is 29.9 Å². The van der Waals surface area contributed by atoms with Crippen molar-refractivity contribution in [1.82, 2.24) is 14.8 Å². The predicted octanol–water partition coefficient (Wildman–Crippen LogP) is 3.48. The number of amides is 1. The van der Waals surface area contributed by atoms with Gasteiger partial charge in [0, 0.05) is 11.9 Å². The van der Waals surface area contributed by atoms with E-state index in [1.165, 1.54) is 0 Å². The fourth-order valence-corrected chi connectivity index (χ4v) is 2.58. The Kier molecular flexibility index (Phi) is 5.09. The van der Waals surface area contributed by atoms with Crippen LogP contribution in [-0.2, 0) is 6.42 Å². The first kappa shape index (κ1) is 16.7. The number of hydrogen-bond acceptors (Lipinski definition) is 4. The summed E-state index contributed by atoms with van der Waals surface area (Å²) in [6, 6.07) is 12.9. The van der Waals surface area contributed by atoms with Crippen molar-refractivity contribution in [1.29, 1.82) is 0 Å². The second-order valence-electron chi connectivity index (χ2n) is 5.37. The van der Waals surface area contributed by atoms with Gasteiger partial charge in [-0.3, -0.25) is 4.79 Å². The Morgan fingerprint density at radius 3 is 2.60 bits per heavy atom. The third kappa shape index (κ3) is 3.68. The first-order valence-corrected chi connectivity index (χ1v) is 8.25. The van der Waals surface area contributed by atoms with E-state index in [2.05, 4.69) is 15.4 Å². The second kappa shape index (κ2) is 7.61. The van der Waals surface area contributed by atoms with Gasteiger partial charge in [-0.15, -0.1) is 0 Å². The van der Waals surface area contributed by atoms with Gasteiger partial charge in [0.15, 0.2) is 5.82 Å². The fourth-order valence-electron chi connectivity index (χ4n) is 2.58. The van der Waals surface area contributed by atoms with Crippen molar-refractivity contribution in [3.05, 3.63) is 66.1 Å². The number of benzene rings is 1. The minimum atomic E-state index is -0.191. The highest BCUT2D eigenvalue weighted by atomic mass is 16.5. The van der Waals surface area contributed by atoms with Crippen molar-refractivity contribution in [3.63, 3.8) is 0 Å². The highest BCUT2D eigenvalue weighted by Crippen LogP contribution is 2.19. The Morgan fingerprint density at radius 1 is 1.16 bits per heavy atom. The van der Waals surface area contributed by atoms with Crippen molar-refractivity contribution < 1.29 is 9.53 Å². The molecule has 0 spiro atoms. The third-order valence-electron chi connectivity index (χ3n) is 3.74. The number of pyridine rings is 1. The van der Waals surface area contributed by atoms with Gasteiger partial charge in [-0.1, -0.05) is 13.0 Å². The van der Waals surface area contributed by atoms with Gasteiger partial charge in [0.05, 0.1) is 24.1 Å². The van der Waals surface area contributed by atoms with E-state index in [1.807, 2.05) is 56.3 Å². The van der Waals surface area contributed by atoms with Crippen LogP contribution in [0.4, 0.5) is 5.69 Å². The average Bonchev–Trinajstić information content (AvgIpc) is 3.08. The number of anilines is 1. The molecule has 0 fully saturated rings. The monoisotopic (exact) mass is 336 g/mol. The van der Waals surface area contributed by atoms with Gasteiger partial charge >= 0.3 is 0 Å². The summed E-state index contributed by atoms with van der Waals surface area (Å²) in [6.07, 6.45) is 3.95. The molecular formula is C19H20N4O2. The van der Waals surface area contributed by atoms with Gasteiger partial charge in [-0.05, 0) is 49.7 Å². The van der Waals surface area contributed by atoms with E-state index in [4.69, 9.17) is 4.74 Å². The van der Waals surface area contributed by atoms with Gasteiger partial charge in [0.25, 0.3) is 5.91 Å². The molecule has 0 radical (unpaired) electrons. The number of carbonyl (C=O) groups is 1. The second-order valence-corrected chi connectivity index (χ2v) is 5.37. The van der Waals surface area contributed by atoms with E-state index < -0.39 is 0 Å². The van der Waals surface area contributed by atoms with Gasteiger partial charge in [0.1, 0.15) is 5.75 Å². The standard InChI is InChI=1S/C19H20N4O2/c1-3-17-16(13-21-23(17)18-7-5-6-12-20-18)19(24)22-14-8-10-15(11-9-14)25-4-2/h5-13H,3-4H2,1-2H3,(H,22,24). The summed E-state index contributed by atoms with van der Waals surface area (Å²) in [6.45, 7) is 4.53. The number of nitrogens with zero attached hydrogens (tertiary/aromatic N) is 3. The maximum absolute atomic E-state index is 12.6. The summed E-state index contributed by atoms with van der Waals surface area (Å²) in [5.74, 6) is 1.28. The molecule has 3 rings (SSSR count). The lowest BCUT2D eigenvalue weighted by Gasteiger charge is -2.09. The Morgan fingerprint density at radius 2 is 1.96 bits per heavy atom. The van der Waals surface area contributed by atoms with Crippen LogP contribution in [0.15, 0.2) is 54.9 Å². The number of ether oxygens (including phenoxy) is 1. The van der Waals surface area contributed by atoms with E-state index in [1.54, 1.807) is 17.1 Å². The molecule has 3 aromatic rings. The minimum Gasteiger partial charge on any atom is -0.494 e. The zero-order valence-corrected chi connectivity index (χ0v) is 14.3. The van der Waals surface area contributed by atoms with E-state index >= 15 is 0 Å². The SMILES string of the molecule is CCOc1ccc(NC(=O)c2cnn(-c3ccccn3)c2CC)cc1. The first-order chi connectivity index (χ1) is 12.2. The van der Waals surface area contributed by atoms with Crippen LogP contribution in [0.3, 0.4) is 0 Å². The summed E-state index contributed by atoms with van der Waals surface area (Å²) in [5.41, 5.74) is 2.07. The largest absolute Gasteiger partial charge is 0.494 e. The lowest BCUT2D eigenvalue weighted by atomic mass is 10.2.